The van der Waals surface area contributed by atoms with E-state index in [1.165, 1.54) is 31.7 Å². The normalized spacial score (nSPS) is 24.1. The molecule has 2 rings (SSSR count). The van der Waals surface area contributed by atoms with Crippen molar-refractivity contribution in [3.05, 3.63) is 35.6 Å². The summed E-state index contributed by atoms with van der Waals surface area (Å²) in [5, 5.41) is 3.59. The third-order valence-electron chi connectivity index (χ3n) is 3.92. The molecule has 0 bridgehead atoms. The molecule has 0 radical (unpaired) electrons. The summed E-state index contributed by atoms with van der Waals surface area (Å²) in [5.74, 6) is 0.469. The van der Waals surface area contributed by atoms with E-state index in [1.807, 2.05) is 6.07 Å². The molecule has 3 heteroatoms. The molecule has 1 fully saturated rings. The van der Waals surface area contributed by atoms with E-state index in [4.69, 9.17) is 5.73 Å². The molecule has 2 nitrogen and oxygen atoms in total. The van der Waals surface area contributed by atoms with Crippen LogP contribution in [0.5, 0.6) is 0 Å². The van der Waals surface area contributed by atoms with E-state index in [0.717, 1.165) is 25.1 Å². The van der Waals surface area contributed by atoms with Crippen LogP contribution in [0.25, 0.3) is 0 Å². The second kappa shape index (κ2) is 6.86. The first-order valence-corrected chi connectivity index (χ1v) is 6.97. The first kappa shape index (κ1) is 13.5. The predicted octanol–water partition coefficient (Wildman–Crippen LogP) is 2.48. The summed E-state index contributed by atoms with van der Waals surface area (Å²) in [7, 11) is 0. The smallest absolute Gasteiger partial charge is 0.123 e. The Morgan fingerprint density at radius 1 is 1.28 bits per heavy atom. The lowest BCUT2D eigenvalue weighted by atomic mass is 9.84. The van der Waals surface area contributed by atoms with Crippen LogP contribution in [-0.2, 0) is 6.42 Å². The van der Waals surface area contributed by atoms with Crippen molar-refractivity contribution in [1.82, 2.24) is 5.32 Å². The van der Waals surface area contributed by atoms with Gasteiger partial charge in [0.25, 0.3) is 0 Å². The van der Waals surface area contributed by atoms with Crippen LogP contribution in [0, 0.1) is 11.7 Å². The fourth-order valence-corrected chi connectivity index (χ4v) is 2.85. The molecule has 0 aromatic heterocycles. The molecule has 0 spiro atoms. The Balaban J connectivity index is 1.77. The Kier molecular flexibility index (Phi) is 5.14. The highest BCUT2D eigenvalue weighted by molar-refractivity contribution is 5.16. The van der Waals surface area contributed by atoms with Crippen molar-refractivity contribution in [2.24, 2.45) is 11.7 Å². The zero-order chi connectivity index (χ0) is 12.8. The number of rotatable bonds is 5. The fraction of sp³-hybridized carbons (Fsp3) is 0.600. The monoisotopic (exact) mass is 250 g/mol. The minimum absolute atomic E-state index is 0.148. The molecule has 1 aliphatic rings. The van der Waals surface area contributed by atoms with Crippen LogP contribution in [-0.4, -0.2) is 19.1 Å². The van der Waals surface area contributed by atoms with Gasteiger partial charge in [-0.1, -0.05) is 25.0 Å². The molecule has 1 aromatic rings. The number of hydrogen-bond acceptors (Lipinski definition) is 2. The van der Waals surface area contributed by atoms with E-state index >= 15 is 0 Å². The number of hydrogen-bond donors (Lipinski definition) is 2. The Hall–Kier alpha value is -0.930. The molecule has 0 aliphatic heterocycles. The molecule has 1 saturated carbocycles. The number of nitrogens with one attached hydrogen (secondary N) is 1. The highest BCUT2D eigenvalue weighted by Gasteiger charge is 2.22. The van der Waals surface area contributed by atoms with Crippen molar-refractivity contribution in [2.45, 2.75) is 38.1 Å². The van der Waals surface area contributed by atoms with Gasteiger partial charge in [0.15, 0.2) is 0 Å². The first-order chi connectivity index (χ1) is 8.79. The molecule has 0 heterocycles. The Labute approximate surface area is 109 Å². The molecule has 1 aliphatic carbocycles. The van der Waals surface area contributed by atoms with Crippen molar-refractivity contribution in [1.29, 1.82) is 0 Å². The first-order valence-electron chi connectivity index (χ1n) is 6.97. The second-order valence-corrected chi connectivity index (χ2v) is 5.22. The number of halogens is 1. The minimum atomic E-state index is -0.148. The van der Waals surface area contributed by atoms with E-state index in [1.54, 1.807) is 12.1 Å². The standard InChI is InChI=1S/C15H23FN2/c16-14-6-3-4-12(10-14)8-9-18-15-7-2-1-5-13(15)11-17/h3-4,6,10,13,15,18H,1-2,5,7-9,11,17H2. The van der Waals surface area contributed by atoms with Crippen LogP contribution in [0.3, 0.4) is 0 Å². The van der Waals surface area contributed by atoms with Crippen LogP contribution >= 0.6 is 0 Å². The van der Waals surface area contributed by atoms with Gasteiger partial charge in [-0.2, -0.15) is 0 Å². The van der Waals surface area contributed by atoms with Crippen molar-refractivity contribution in [3.8, 4) is 0 Å². The lowest BCUT2D eigenvalue weighted by Gasteiger charge is -2.31. The van der Waals surface area contributed by atoms with E-state index in [-0.39, 0.29) is 5.82 Å². The average Bonchev–Trinajstić information content (AvgIpc) is 2.39. The maximum absolute atomic E-state index is 13.0. The summed E-state index contributed by atoms with van der Waals surface area (Å²) in [4.78, 5) is 0. The summed E-state index contributed by atoms with van der Waals surface area (Å²) < 4.78 is 13.0. The lowest BCUT2D eigenvalue weighted by molar-refractivity contribution is 0.269. The van der Waals surface area contributed by atoms with Gasteiger partial charge in [0.2, 0.25) is 0 Å². The average molecular weight is 250 g/mol. The Morgan fingerprint density at radius 3 is 2.89 bits per heavy atom. The van der Waals surface area contributed by atoms with Crippen molar-refractivity contribution < 1.29 is 4.39 Å². The van der Waals surface area contributed by atoms with Crippen molar-refractivity contribution in [3.63, 3.8) is 0 Å². The molecule has 2 atom stereocenters. The zero-order valence-corrected chi connectivity index (χ0v) is 10.9. The highest BCUT2D eigenvalue weighted by Crippen LogP contribution is 2.23. The fourth-order valence-electron chi connectivity index (χ4n) is 2.85. The van der Waals surface area contributed by atoms with Gasteiger partial charge >= 0.3 is 0 Å². The van der Waals surface area contributed by atoms with Crippen LogP contribution in [0.2, 0.25) is 0 Å². The molecular formula is C15H23FN2. The quantitative estimate of drug-likeness (QED) is 0.842. The number of benzene rings is 1. The third kappa shape index (κ3) is 3.79. The van der Waals surface area contributed by atoms with Crippen molar-refractivity contribution >= 4 is 0 Å². The van der Waals surface area contributed by atoms with E-state index in [0.29, 0.717) is 12.0 Å². The number of nitrogens with two attached hydrogens (primary N) is 1. The second-order valence-electron chi connectivity index (χ2n) is 5.22. The topological polar surface area (TPSA) is 38.0 Å². The third-order valence-corrected chi connectivity index (χ3v) is 3.92. The highest BCUT2D eigenvalue weighted by atomic mass is 19.1. The molecule has 100 valence electrons. The summed E-state index contributed by atoms with van der Waals surface area (Å²) in [5.41, 5.74) is 6.86. The summed E-state index contributed by atoms with van der Waals surface area (Å²) in [6.45, 7) is 1.68. The van der Waals surface area contributed by atoms with E-state index < -0.39 is 0 Å². The molecular weight excluding hydrogens is 227 g/mol. The van der Waals surface area contributed by atoms with Gasteiger partial charge in [-0.15, -0.1) is 0 Å². The van der Waals surface area contributed by atoms with Gasteiger partial charge in [-0.05, 0) is 56.0 Å². The molecule has 0 amide bonds. The van der Waals surface area contributed by atoms with Gasteiger partial charge in [0.1, 0.15) is 5.82 Å². The van der Waals surface area contributed by atoms with Crippen LogP contribution < -0.4 is 11.1 Å². The largest absolute Gasteiger partial charge is 0.330 e. The van der Waals surface area contributed by atoms with Gasteiger partial charge in [-0.3, -0.25) is 0 Å². The SMILES string of the molecule is NCC1CCCCC1NCCc1cccc(F)c1. The van der Waals surface area contributed by atoms with Crippen LogP contribution in [0.1, 0.15) is 31.2 Å². The van der Waals surface area contributed by atoms with E-state index in [9.17, 15) is 4.39 Å². The summed E-state index contributed by atoms with van der Waals surface area (Å²) >= 11 is 0. The zero-order valence-electron chi connectivity index (χ0n) is 10.9. The van der Waals surface area contributed by atoms with Gasteiger partial charge < -0.3 is 11.1 Å². The maximum Gasteiger partial charge on any atom is 0.123 e. The van der Waals surface area contributed by atoms with Crippen LogP contribution in [0.4, 0.5) is 4.39 Å². The van der Waals surface area contributed by atoms with Crippen molar-refractivity contribution in [2.75, 3.05) is 13.1 Å². The van der Waals surface area contributed by atoms with Gasteiger partial charge in [0.05, 0.1) is 0 Å². The molecule has 3 N–H and O–H groups in total. The summed E-state index contributed by atoms with van der Waals surface area (Å²) in [6, 6.07) is 7.41. The Bertz CT molecular complexity index is 367. The molecule has 1 aromatic carbocycles. The van der Waals surface area contributed by atoms with Gasteiger partial charge in [-0.25, -0.2) is 4.39 Å². The minimum Gasteiger partial charge on any atom is -0.330 e. The van der Waals surface area contributed by atoms with Crippen LogP contribution in [0.15, 0.2) is 24.3 Å². The lowest BCUT2D eigenvalue weighted by Crippen LogP contribution is -2.42. The van der Waals surface area contributed by atoms with Gasteiger partial charge in [0, 0.05) is 6.04 Å². The molecule has 2 unspecified atom stereocenters. The maximum atomic E-state index is 13.0. The summed E-state index contributed by atoms with van der Waals surface area (Å²) in [6.07, 6.45) is 5.96. The van der Waals surface area contributed by atoms with E-state index in [2.05, 4.69) is 5.32 Å². The predicted molar refractivity (Wildman–Crippen MR) is 72.9 cm³/mol. The Morgan fingerprint density at radius 2 is 2.11 bits per heavy atom. The molecule has 18 heavy (non-hydrogen) atoms. The molecule has 0 saturated heterocycles.